The van der Waals surface area contributed by atoms with Crippen molar-refractivity contribution in [1.29, 1.82) is 0 Å². The second kappa shape index (κ2) is 4.21. The zero-order valence-electron chi connectivity index (χ0n) is 9.78. The van der Waals surface area contributed by atoms with E-state index in [1.165, 1.54) is 37.7 Å². The third-order valence-corrected chi connectivity index (χ3v) is 4.28. The standard InChI is InChI=1S/C15H20O/c16-15-6-2-5-14(15)10-11-7-8-12-3-1-4-13(12)9-11/h7-9,14-16H,1-6,10H2. The Bertz CT molecular complexity index is 383. The molecular formula is C15H20O. The largest absolute Gasteiger partial charge is 0.393 e. The van der Waals surface area contributed by atoms with Crippen molar-refractivity contribution in [1.82, 2.24) is 0 Å². The minimum Gasteiger partial charge on any atom is -0.393 e. The Morgan fingerprint density at radius 1 is 1.06 bits per heavy atom. The first-order valence-corrected chi connectivity index (χ1v) is 6.61. The molecule has 0 heterocycles. The van der Waals surface area contributed by atoms with Crippen LogP contribution in [0.15, 0.2) is 18.2 Å². The predicted molar refractivity (Wildman–Crippen MR) is 65.5 cm³/mol. The highest BCUT2D eigenvalue weighted by Gasteiger charge is 2.25. The number of aryl methyl sites for hydroxylation is 2. The SMILES string of the molecule is OC1CCCC1Cc1ccc2c(c1)CCC2. The second-order valence-corrected chi connectivity index (χ2v) is 5.42. The number of aliphatic hydroxyl groups excluding tert-OH is 1. The maximum absolute atomic E-state index is 9.84. The normalized spacial score (nSPS) is 28.3. The van der Waals surface area contributed by atoms with Crippen LogP contribution < -0.4 is 0 Å². The Labute approximate surface area is 97.5 Å². The smallest absolute Gasteiger partial charge is 0.0571 e. The van der Waals surface area contributed by atoms with Gasteiger partial charge in [-0.1, -0.05) is 24.6 Å². The van der Waals surface area contributed by atoms with Gasteiger partial charge in [-0.2, -0.15) is 0 Å². The van der Waals surface area contributed by atoms with Crippen LogP contribution in [0.2, 0.25) is 0 Å². The Morgan fingerprint density at radius 3 is 2.75 bits per heavy atom. The molecule has 0 radical (unpaired) electrons. The lowest BCUT2D eigenvalue weighted by molar-refractivity contribution is 0.132. The molecule has 2 aliphatic carbocycles. The molecule has 0 aliphatic heterocycles. The van der Waals surface area contributed by atoms with Gasteiger partial charge >= 0.3 is 0 Å². The third-order valence-electron chi connectivity index (χ3n) is 4.28. The maximum Gasteiger partial charge on any atom is 0.0571 e. The van der Waals surface area contributed by atoms with Gasteiger partial charge in [0.1, 0.15) is 0 Å². The Morgan fingerprint density at radius 2 is 1.94 bits per heavy atom. The predicted octanol–water partition coefficient (Wildman–Crippen LogP) is 2.88. The van der Waals surface area contributed by atoms with Crippen molar-refractivity contribution in [3.63, 3.8) is 0 Å². The van der Waals surface area contributed by atoms with Crippen molar-refractivity contribution in [2.24, 2.45) is 5.92 Å². The molecule has 2 atom stereocenters. The van der Waals surface area contributed by atoms with Crippen LogP contribution in [0.25, 0.3) is 0 Å². The summed E-state index contributed by atoms with van der Waals surface area (Å²) in [6.45, 7) is 0. The van der Waals surface area contributed by atoms with Crippen LogP contribution in [0.3, 0.4) is 0 Å². The maximum atomic E-state index is 9.84. The lowest BCUT2D eigenvalue weighted by Gasteiger charge is -2.14. The monoisotopic (exact) mass is 216 g/mol. The summed E-state index contributed by atoms with van der Waals surface area (Å²) < 4.78 is 0. The van der Waals surface area contributed by atoms with Crippen molar-refractivity contribution in [3.05, 3.63) is 34.9 Å². The molecule has 3 rings (SSSR count). The van der Waals surface area contributed by atoms with Gasteiger partial charge in [0.15, 0.2) is 0 Å². The third kappa shape index (κ3) is 1.89. The fourth-order valence-corrected chi connectivity index (χ4v) is 3.31. The van der Waals surface area contributed by atoms with Crippen LogP contribution in [0.1, 0.15) is 42.4 Å². The molecule has 0 aromatic heterocycles. The molecular weight excluding hydrogens is 196 g/mol. The molecule has 1 nitrogen and oxygen atoms in total. The van der Waals surface area contributed by atoms with E-state index in [0.717, 1.165) is 12.8 Å². The lowest BCUT2D eigenvalue weighted by atomic mass is 9.94. The summed E-state index contributed by atoms with van der Waals surface area (Å²) in [7, 11) is 0. The Kier molecular flexibility index (Phi) is 2.72. The van der Waals surface area contributed by atoms with E-state index in [2.05, 4.69) is 18.2 Å². The van der Waals surface area contributed by atoms with Crippen molar-refractivity contribution < 1.29 is 5.11 Å². The minimum atomic E-state index is -0.0479. The second-order valence-electron chi connectivity index (χ2n) is 5.42. The average molecular weight is 216 g/mol. The lowest BCUT2D eigenvalue weighted by Crippen LogP contribution is -2.15. The van der Waals surface area contributed by atoms with Gasteiger partial charge in [-0.15, -0.1) is 0 Å². The number of rotatable bonds is 2. The van der Waals surface area contributed by atoms with Gasteiger partial charge in [0.2, 0.25) is 0 Å². The highest BCUT2D eigenvalue weighted by molar-refractivity contribution is 5.35. The summed E-state index contributed by atoms with van der Waals surface area (Å²) in [4.78, 5) is 0. The van der Waals surface area contributed by atoms with Crippen molar-refractivity contribution in [3.8, 4) is 0 Å². The first kappa shape index (κ1) is 10.3. The van der Waals surface area contributed by atoms with Gasteiger partial charge in [0.05, 0.1) is 6.10 Å². The van der Waals surface area contributed by atoms with Gasteiger partial charge in [0.25, 0.3) is 0 Å². The molecule has 1 saturated carbocycles. The number of fused-ring (bicyclic) bond motifs is 1. The molecule has 1 heteroatoms. The first-order valence-electron chi connectivity index (χ1n) is 6.61. The summed E-state index contributed by atoms with van der Waals surface area (Å²) in [5.74, 6) is 0.513. The summed E-state index contributed by atoms with van der Waals surface area (Å²) in [6, 6.07) is 6.96. The summed E-state index contributed by atoms with van der Waals surface area (Å²) in [5.41, 5.74) is 4.55. The number of aliphatic hydroxyl groups is 1. The molecule has 16 heavy (non-hydrogen) atoms. The number of benzene rings is 1. The van der Waals surface area contributed by atoms with Crippen molar-refractivity contribution in [2.75, 3.05) is 0 Å². The van der Waals surface area contributed by atoms with Crippen LogP contribution in [0.5, 0.6) is 0 Å². The van der Waals surface area contributed by atoms with Gasteiger partial charge in [0, 0.05) is 0 Å². The van der Waals surface area contributed by atoms with E-state index >= 15 is 0 Å². The van der Waals surface area contributed by atoms with E-state index in [1.807, 2.05) is 0 Å². The fraction of sp³-hybridized carbons (Fsp3) is 0.600. The van der Waals surface area contributed by atoms with Crippen LogP contribution in [-0.2, 0) is 19.3 Å². The molecule has 0 bridgehead atoms. The van der Waals surface area contributed by atoms with Gasteiger partial charge in [-0.05, 0) is 61.1 Å². The zero-order valence-corrected chi connectivity index (χ0v) is 9.78. The van der Waals surface area contributed by atoms with Crippen LogP contribution in [-0.4, -0.2) is 11.2 Å². The minimum absolute atomic E-state index is 0.0479. The van der Waals surface area contributed by atoms with E-state index in [4.69, 9.17) is 0 Å². The number of hydrogen-bond donors (Lipinski definition) is 1. The summed E-state index contributed by atoms with van der Waals surface area (Å²) >= 11 is 0. The van der Waals surface area contributed by atoms with Gasteiger partial charge < -0.3 is 5.11 Å². The highest BCUT2D eigenvalue weighted by atomic mass is 16.3. The average Bonchev–Trinajstić information content (AvgIpc) is 2.88. The van der Waals surface area contributed by atoms with E-state index in [0.29, 0.717) is 5.92 Å². The van der Waals surface area contributed by atoms with Gasteiger partial charge in [-0.3, -0.25) is 0 Å². The Hall–Kier alpha value is -0.820. The zero-order chi connectivity index (χ0) is 11.0. The van der Waals surface area contributed by atoms with Crippen molar-refractivity contribution >= 4 is 0 Å². The topological polar surface area (TPSA) is 20.2 Å². The fourth-order valence-electron chi connectivity index (χ4n) is 3.31. The van der Waals surface area contributed by atoms with Crippen LogP contribution in [0.4, 0.5) is 0 Å². The van der Waals surface area contributed by atoms with Crippen molar-refractivity contribution in [2.45, 2.75) is 51.0 Å². The molecule has 1 fully saturated rings. The van der Waals surface area contributed by atoms with E-state index in [9.17, 15) is 5.11 Å². The summed E-state index contributed by atoms with van der Waals surface area (Å²) in [6.07, 6.45) is 8.30. The number of hydrogen-bond acceptors (Lipinski definition) is 1. The van der Waals surface area contributed by atoms with E-state index in [-0.39, 0.29) is 6.10 Å². The Balaban J connectivity index is 1.75. The molecule has 0 amide bonds. The van der Waals surface area contributed by atoms with E-state index < -0.39 is 0 Å². The summed E-state index contributed by atoms with van der Waals surface area (Å²) in [5, 5.41) is 9.84. The first-order chi connectivity index (χ1) is 7.83. The molecule has 2 unspecified atom stereocenters. The molecule has 2 aliphatic rings. The molecule has 1 aromatic carbocycles. The van der Waals surface area contributed by atoms with Gasteiger partial charge in [-0.25, -0.2) is 0 Å². The molecule has 1 N–H and O–H groups in total. The van der Waals surface area contributed by atoms with E-state index in [1.54, 1.807) is 11.1 Å². The quantitative estimate of drug-likeness (QED) is 0.806. The molecule has 1 aromatic rings. The highest BCUT2D eigenvalue weighted by Crippen LogP contribution is 2.30. The molecule has 0 saturated heterocycles. The molecule has 86 valence electrons. The van der Waals surface area contributed by atoms with Crippen LogP contribution in [0, 0.1) is 5.92 Å². The van der Waals surface area contributed by atoms with Crippen LogP contribution >= 0.6 is 0 Å². The molecule has 0 spiro atoms.